The largest absolute Gasteiger partial charge is 0.463 e. The zero-order valence-corrected chi connectivity index (χ0v) is 14.4. The standard InChI is InChI=1S/C16H28N2O4.ClH/c1-5-12(6-2)22-14-9-11(16(20)21-7-3)8-13(17)15(14)18-10(4)19;/h9,12-15H,5-8,17H2,1-4H3,(H,18,19);1H/t13-,14+,15+;/m0./s1/i3D3,7D2;. The SMILES string of the molecule is Cl.[2H]C([2H])([2H])C([2H])([2H])OC(=O)C1=C[C@@H](OC(CC)CC)[C@H](NC(C)=O)[C@@H](N)C1. The van der Waals surface area contributed by atoms with Crippen molar-refractivity contribution in [3.8, 4) is 0 Å². The van der Waals surface area contributed by atoms with Gasteiger partial charge in [0, 0.05) is 22.7 Å². The smallest absolute Gasteiger partial charge is 0.333 e. The van der Waals surface area contributed by atoms with Crippen molar-refractivity contribution in [3.63, 3.8) is 0 Å². The van der Waals surface area contributed by atoms with Gasteiger partial charge in [-0.1, -0.05) is 13.8 Å². The zero-order valence-electron chi connectivity index (χ0n) is 18.6. The van der Waals surface area contributed by atoms with E-state index in [1.807, 2.05) is 13.8 Å². The van der Waals surface area contributed by atoms with Gasteiger partial charge in [-0.2, -0.15) is 0 Å². The second kappa shape index (κ2) is 10.6. The van der Waals surface area contributed by atoms with Crippen molar-refractivity contribution in [2.75, 3.05) is 6.56 Å². The number of hydrogen-bond acceptors (Lipinski definition) is 5. The summed E-state index contributed by atoms with van der Waals surface area (Å²) in [4.78, 5) is 23.8. The summed E-state index contributed by atoms with van der Waals surface area (Å²) in [5, 5.41) is 2.72. The molecule has 6 nitrogen and oxygen atoms in total. The molecule has 7 heteroatoms. The van der Waals surface area contributed by atoms with Crippen LogP contribution < -0.4 is 11.1 Å². The van der Waals surface area contributed by atoms with E-state index in [4.69, 9.17) is 17.3 Å². The molecule has 0 aromatic rings. The van der Waals surface area contributed by atoms with E-state index >= 15 is 0 Å². The van der Waals surface area contributed by atoms with Gasteiger partial charge in [0.2, 0.25) is 5.91 Å². The Morgan fingerprint density at radius 3 is 2.70 bits per heavy atom. The molecule has 0 spiro atoms. The van der Waals surface area contributed by atoms with Gasteiger partial charge in [0.25, 0.3) is 0 Å². The van der Waals surface area contributed by atoms with Crippen LogP contribution in [0.25, 0.3) is 0 Å². The second-order valence-corrected chi connectivity index (χ2v) is 5.32. The van der Waals surface area contributed by atoms with E-state index in [0.29, 0.717) is 12.8 Å². The Kier molecular flexibility index (Phi) is 6.58. The van der Waals surface area contributed by atoms with Gasteiger partial charge in [0.05, 0.1) is 27.6 Å². The Hall–Kier alpha value is -1.11. The van der Waals surface area contributed by atoms with Gasteiger partial charge in [0.1, 0.15) is 0 Å². The minimum Gasteiger partial charge on any atom is -0.463 e. The van der Waals surface area contributed by atoms with Gasteiger partial charge in [-0.3, -0.25) is 4.79 Å². The molecule has 0 saturated heterocycles. The quantitative estimate of drug-likeness (QED) is 0.680. The molecule has 1 aliphatic rings. The number of amides is 1. The summed E-state index contributed by atoms with van der Waals surface area (Å²) in [6, 6.07) is -1.25. The van der Waals surface area contributed by atoms with E-state index in [1.54, 1.807) is 0 Å². The van der Waals surface area contributed by atoms with Gasteiger partial charge in [-0.15, -0.1) is 12.4 Å². The Labute approximate surface area is 151 Å². The predicted molar refractivity (Wildman–Crippen MR) is 91.4 cm³/mol. The summed E-state index contributed by atoms with van der Waals surface area (Å²) in [5.41, 5.74) is 6.13. The third-order valence-corrected chi connectivity index (χ3v) is 3.67. The fourth-order valence-electron chi connectivity index (χ4n) is 2.51. The lowest BCUT2D eigenvalue weighted by Crippen LogP contribution is -2.57. The molecule has 0 heterocycles. The van der Waals surface area contributed by atoms with E-state index in [-0.39, 0.29) is 36.4 Å². The third kappa shape index (κ3) is 6.49. The zero-order chi connectivity index (χ0) is 21.0. The van der Waals surface area contributed by atoms with Crippen LogP contribution in [-0.2, 0) is 19.1 Å². The number of nitrogens with two attached hydrogens (primary N) is 1. The highest BCUT2D eigenvalue weighted by Gasteiger charge is 2.35. The predicted octanol–water partition coefficient (Wildman–Crippen LogP) is 1.71. The van der Waals surface area contributed by atoms with E-state index in [2.05, 4.69) is 10.1 Å². The van der Waals surface area contributed by atoms with Crippen molar-refractivity contribution >= 4 is 24.3 Å². The molecule has 23 heavy (non-hydrogen) atoms. The third-order valence-electron chi connectivity index (χ3n) is 3.67. The Morgan fingerprint density at radius 1 is 1.52 bits per heavy atom. The Bertz CT molecular complexity index is 582. The van der Waals surface area contributed by atoms with Gasteiger partial charge in [-0.05, 0) is 32.2 Å². The highest BCUT2D eigenvalue weighted by Crippen LogP contribution is 2.24. The molecule has 0 saturated carbocycles. The van der Waals surface area contributed by atoms with Crippen LogP contribution in [0.4, 0.5) is 0 Å². The van der Waals surface area contributed by atoms with Crippen molar-refractivity contribution < 1.29 is 25.9 Å². The first kappa shape index (κ1) is 14.3. The molecule has 134 valence electrons. The minimum atomic E-state index is -3.13. The molecule has 1 amide bonds. The second-order valence-electron chi connectivity index (χ2n) is 5.32. The number of rotatable bonds is 7. The first-order valence-electron chi connectivity index (χ1n) is 9.94. The van der Waals surface area contributed by atoms with Crippen molar-refractivity contribution in [2.24, 2.45) is 5.73 Å². The Balaban J connectivity index is 0.00000729. The van der Waals surface area contributed by atoms with Crippen LogP contribution >= 0.6 is 12.4 Å². The van der Waals surface area contributed by atoms with Crippen molar-refractivity contribution in [3.05, 3.63) is 11.6 Å². The molecular weight excluding hydrogens is 320 g/mol. The van der Waals surface area contributed by atoms with Gasteiger partial charge < -0.3 is 20.5 Å². The summed E-state index contributed by atoms with van der Waals surface area (Å²) in [6.45, 7) is -1.03. The van der Waals surface area contributed by atoms with E-state index in [1.165, 1.54) is 13.0 Å². The highest BCUT2D eigenvalue weighted by molar-refractivity contribution is 5.89. The molecule has 3 N–H and O–H groups in total. The molecule has 0 aliphatic heterocycles. The van der Waals surface area contributed by atoms with Crippen LogP contribution in [0.15, 0.2) is 11.6 Å². The molecular formula is C16H29ClN2O4. The lowest BCUT2D eigenvalue weighted by Gasteiger charge is -2.36. The van der Waals surface area contributed by atoms with E-state index in [9.17, 15) is 9.59 Å². The molecule has 0 aromatic carbocycles. The first-order chi connectivity index (χ1) is 12.3. The summed E-state index contributed by atoms with van der Waals surface area (Å²) in [7, 11) is 0. The number of carbonyl (C=O) groups is 2. The molecule has 3 atom stereocenters. The molecule has 0 fully saturated rings. The average Bonchev–Trinajstić information content (AvgIpc) is 2.53. The van der Waals surface area contributed by atoms with Crippen molar-refractivity contribution in [2.45, 2.75) is 71.2 Å². The fraction of sp³-hybridized carbons (Fsp3) is 0.750. The molecule has 1 aliphatic carbocycles. The number of ether oxygens (including phenoxy) is 2. The highest BCUT2D eigenvalue weighted by atomic mass is 35.5. The van der Waals surface area contributed by atoms with Gasteiger partial charge in [-0.25, -0.2) is 4.79 Å². The topological polar surface area (TPSA) is 90.6 Å². The maximum absolute atomic E-state index is 12.3. The summed E-state index contributed by atoms with van der Waals surface area (Å²) in [5.74, 6) is -1.40. The number of carbonyl (C=O) groups excluding carboxylic acids is 2. The Morgan fingerprint density at radius 2 is 2.17 bits per heavy atom. The van der Waals surface area contributed by atoms with E-state index in [0.717, 1.165) is 0 Å². The number of halogens is 1. The number of nitrogens with one attached hydrogen (secondary N) is 1. The van der Waals surface area contributed by atoms with Gasteiger partial charge in [0.15, 0.2) is 0 Å². The van der Waals surface area contributed by atoms with Crippen LogP contribution in [0.3, 0.4) is 0 Å². The van der Waals surface area contributed by atoms with Crippen LogP contribution in [0.5, 0.6) is 0 Å². The maximum atomic E-state index is 12.3. The minimum absolute atomic E-state index is 0. The molecule has 0 bridgehead atoms. The lowest BCUT2D eigenvalue weighted by atomic mass is 9.88. The normalized spacial score (nSPS) is 28.1. The molecule has 1 rings (SSSR count). The summed E-state index contributed by atoms with van der Waals surface area (Å²) < 4.78 is 46.9. The molecule has 0 aromatic heterocycles. The van der Waals surface area contributed by atoms with Crippen molar-refractivity contribution in [1.82, 2.24) is 5.32 Å². The van der Waals surface area contributed by atoms with E-state index < -0.39 is 37.6 Å². The van der Waals surface area contributed by atoms with Crippen LogP contribution in [0, 0.1) is 0 Å². The number of esters is 1. The summed E-state index contributed by atoms with van der Waals surface area (Å²) >= 11 is 0. The van der Waals surface area contributed by atoms with Crippen molar-refractivity contribution in [1.29, 1.82) is 0 Å². The number of hydrogen-bond donors (Lipinski definition) is 2. The fourth-order valence-corrected chi connectivity index (χ4v) is 2.51. The monoisotopic (exact) mass is 353 g/mol. The van der Waals surface area contributed by atoms with Crippen LogP contribution in [-0.4, -0.2) is 42.7 Å². The molecule has 0 radical (unpaired) electrons. The average molecular weight is 354 g/mol. The lowest BCUT2D eigenvalue weighted by molar-refractivity contribution is -0.139. The van der Waals surface area contributed by atoms with Crippen LogP contribution in [0.1, 0.15) is 53.7 Å². The molecule has 0 unspecified atom stereocenters. The van der Waals surface area contributed by atoms with Crippen LogP contribution in [0.2, 0.25) is 0 Å². The maximum Gasteiger partial charge on any atom is 0.333 e. The summed E-state index contributed by atoms with van der Waals surface area (Å²) in [6.07, 6.45) is 2.00. The van der Waals surface area contributed by atoms with Gasteiger partial charge >= 0.3 is 5.97 Å². The first-order valence-corrected chi connectivity index (χ1v) is 7.44.